The molecule has 0 unspecified atom stereocenters. The number of ether oxygens (including phenoxy) is 1. The summed E-state index contributed by atoms with van der Waals surface area (Å²) in [6.07, 6.45) is 0. The number of hydrogen-bond acceptors (Lipinski definition) is 5. The Morgan fingerprint density at radius 2 is 1.69 bits per heavy atom. The van der Waals surface area contributed by atoms with Crippen molar-refractivity contribution in [1.29, 1.82) is 0 Å². The van der Waals surface area contributed by atoms with Gasteiger partial charge in [-0.1, -0.05) is 39.7 Å². The molecule has 0 saturated heterocycles. The van der Waals surface area contributed by atoms with Crippen molar-refractivity contribution in [3.63, 3.8) is 0 Å². The Morgan fingerprint density at radius 1 is 1.00 bits per heavy atom. The van der Waals surface area contributed by atoms with Crippen molar-refractivity contribution in [3.8, 4) is 0 Å². The monoisotopic (exact) mass is 540 g/mol. The molecule has 166 valence electrons. The largest absolute Gasteiger partial charge is 0.452 e. The minimum atomic E-state index is -4.01. The molecule has 0 spiro atoms. The molecule has 1 amide bonds. The average molecular weight is 542 g/mol. The van der Waals surface area contributed by atoms with Gasteiger partial charge in [0.25, 0.3) is 15.9 Å². The lowest BCUT2D eigenvalue weighted by Gasteiger charge is -2.12. The summed E-state index contributed by atoms with van der Waals surface area (Å²) < 4.78 is 46.8. The number of rotatable bonds is 7. The first-order chi connectivity index (χ1) is 15.2. The number of anilines is 2. The molecule has 11 heteroatoms. The highest BCUT2D eigenvalue weighted by molar-refractivity contribution is 9.10. The van der Waals surface area contributed by atoms with Crippen LogP contribution in [0.25, 0.3) is 0 Å². The summed E-state index contributed by atoms with van der Waals surface area (Å²) in [7, 11) is -4.01. The van der Waals surface area contributed by atoms with Gasteiger partial charge in [0.1, 0.15) is 5.82 Å². The van der Waals surface area contributed by atoms with Crippen molar-refractivity contribution in [2.45, 2.75) is 4.90 Å². The van der Waals surface area contributed by atoms with Crippen LogP contribution in [0.5, 0.6) is 0 Å². The van der Waals surface area contributed by atoms with E-state index >= 15 is 0 Å². The van der Waals surface area contributed by atoms with E-state index in [4.69, 9.17) is 16.3 Å². The van der Waals surface area contributed by atoms with Gasteiger partial charge in [-0.2, -0.15) is 0 Å². The SMILES string of the molecule is O=C(COC(=O)c1ccccc1NS(=O)(=O)c1ccc(Cl)cc1)Nc1ccc(Br)cc1F. The highest BCUT2D eigenvalue weighted by atomic mass is 79.9. The topological polar surface area (TPSA) is 102 Å². The summed E-state index contributed by atoms with van der Waals surface area (Å²) >= 11 is 8.89. The molecule has 3 rings (SSSR count). The van der Waals surface area contributed by atoms with E-state index in [1.807, 2.05) is 0 Å². The van der Waals surface area contributed by atoms with E-state index in [0.29, 0.717) is 9.50 Å². The molecule has 0 aliphatic heterocycles. The summed E-state index contributed by atoms with van der Waals surface area (Å²) in [6.45, 7) is -0.702. The highest BCUT2D eigenvalue weighted by Crippen LogP contribution is 2.22. The van der Waals surface area contributed by atoms with Crippen LogP contribution in [0.1, 0.15) is 10.4 Å². The number of carbonyl (C=O) groups excluding carboxylic acids is 2. The van der Waals surface area contributed by atoms with Gasteiger partial charge >= 0.3 is 5.97 Å². The lowest BCUT2D eigenvalue weighted by atomic mass is 10.2. The molecule has 0 atom stereocenters. The second-order valence-electron chi connectivity index (χ2n) is 6.35. The number of nitrogens with one attached hydrogen (secondary N) is 2. The minimum Gasteiger partial charge on any atom is -0.452 e. The number of esters is 1. The standard InChI is InChI=1S/C21H15BrClFN2O5S/c22-13-5-10-19(17(24)11-13)25-20(27)12-31-21(28)16-3-1-2-4-18(16)26-32(29,30)15-8-6-14(23)7-9-15/h1-11,26H,12H2,(H,25,27). The molecule has 2 N–H and O–H groups in total. The molecule has 0 heterocycles. The van der Waals surface area contributed by atoms with E-state index in [1.165, 1.54) is 66.7 Å². The Bertz CT molecular complexity index is 1270. The van der Waals surface area contributed by atoms with E-state index in [-0.39, 0.29) is 21.8 Å². The predicted molar refractivity (Wildman–Crippen MR) is 122 cm³/mol. The van der Waals surface area contributed by atoms with Crippen molar-refractivity contribution < 1.29 is 27.1 Å². The van der Waals surface area contributed by atoms with Crippen LogP contribution in [-0.4, -0.2) is 26.9 Å². The fourth-order valence-corrected chi connectivity index (χ4v) is 4.09. The number of hydrogen-bond donors (Lipinski definition) is 2. The van der Waals surface area contributed by atoms with Crippen molar-refractivity contribution in [2.75, 3.05) is 16.6 Å². The van der Waals surface area contributed by atoms with Gasteiger partial charge in [0.05, 0.1) is 21.8 Å². The second-order valence-corrected chi connectivity index (χ2v) is 9.39. The Kier molecular flexibility index (Phi) is 7.49. The molecular formula is C21H15BrClFN2O5S. The maximum absolute atomic E-state index is 13.8. The van der Waals surface area contributed by atoms with Gasteiger partial charge in [0.2, 0.25) is 0 Å². The van der Waals surface area contributed by atoms with E-state index < -0.39 is 34.3 Å². The van der Waals surface area contributed by atoms with Gasteiger partial charge in [-0.25, -0.2) is 17.6 Å². The molecular weight excluding hydrogens is 527 g/mol. The molecule has 0 saturated carbocycles. The molecule has 0 fully saturated rings. The summed E-state index contributed by atoms with van der Waals surface area (Å²) in [6, 6.07) is 15.3. The Balaban J connectivity index is 1.68. The molecule has 0 aliphatic carbocycles. The van der Waals surface area contributed by atoms with Gasteiger partial charge in [-0.15, -0.1) is 0 Å². The maximum atomic E-state index is 13.8. The van der Waals surface area contributed by atoms with Crippen molar-refractivity contribution >= 4 is 60.8 Å². The fraction of sp³-hybridized carbons (Fsp3) is 0.0476. The summed E-state index contributed by atoms with van der Waals surface area (Å²) in [5.41, 5.74) is -0.218. The van der Waals surface area contributed by atoms with Gasteiger partial charge in [0.15, 0.2) is 6.61 Å². The lowest BCUT2D eigenvalue weighted by molar-refractivity contribution is -0.119. The first kappa shape index (κ1) is 23.7. The maximum Gasteiger partial charge on any atom is 0.340 e. The van der Waals surface area contributed by atoms with Crippen LogP contribution in [0.3, 0.4) is 0 Å². The van der Waals surface area contributed by atoms with Crippen molar-refractivity contribution in [1.82, 2.24) is 0 Å². The quantitative estimate of drug-likeness (QED) is 0.417. The van der Waals surface area contributed by atoms with Crippen LogP contribution in [0.4, 0.5) is 15.8 Å². The van der Waals surface area contributed by atoms with Crippen LogP contribution in [0, 0.1) is 5.82 Å². The Morgan fingerprint density at radius 3 is 2.38 bits per heavy atom. The summed E-state index contributed by atoms with van der Waals surface area (Å²) in [5, 5.41) is 2.66. The normalized spacial score (nSPS) is 11.0. The third kappa shape index (κ3) is 6.06. The Labute approximate surface area is 196 Å². The first-order valence-electron chi connectivity index (χ1n) is 8.95. The van der Waals surface area contributed by atoms with Crippen LogP contribution in [0.15, 0.2) is 76.1 Å². The van der Waals surface area contributed by atoms with Gasteiger partial charge < -0.3 is 10.1 Å². The molecule has 3 aromatic carbocycles. The molecule has 7 nitrogen and oxygen atoms in total. The van der Waals surface area contributed by atoms with E-state index in [2.05, 4.69) is 26.0 Å². The molecule has 0 aliphatic rings. The van der Waals surface area contributed by atoms with Crippen molar-refractivity contribution in [2.24, 2.45) is 0 Å². The molecule has 0 aromatic heterocycles. The Hall–Kier alpha value is -2.95. The highest BCUT2D eigenvalue weighted by Gasteiger charge is 2.20. The zero-order valence-electron chi connectivity index (χ0n) is 16.1. The predicted octanol–water partition coefficient (Wildman–Crippen LogP) is 4.84. The zero-order chi connectivity index (χ0) is 23.3. The third-order valence-electron chi connectivity index (χ3n) is 4.05. The van der Waals surface area contributed by atoms with E-state index in [1.54, 1.807) is 0 Å². The number of amides is 1. The van der Waals surface area contributed by atoms with Crippen LogP contribution >= 0.6 is 27.5 Å². The number of carbonyl (C=O) groups is 2. The average Bonchev–Trinajstić information content (AvgIpc) is 2.74. The number of para-hydroxylation sites is 1. The van der Waals surface area contributed by atoms with Gasteiger partial charge in [-0.3, -0.25) is 9.52 Å². The minimum absolute atomic E-state index is 0.0354. The number of benzene rings is 3. The third-order valence-corrected chi connectivity index (χ3v) is 6.18. The number of sulfonamides is 1. The smallest absolute Gasteiger partial charge is 0.340 e. The van der Waals surface area contributed by atoms with Crippen LogP contribution in [-0.2, 0) is 19.6 Å². The summed E-state index contributed by atoms with van der Waals surface area (Å²) in [4.78, 5) is 24.4. The van der Waals surface area contributed by atoms with E-state index in [9.17, 15) is 22.4 Å². The fourth-order valence-electron chi connectivity index (χ4n) is 2.55. The number of halogens is 3. The van der Waals surface area contributed by atoms with Crippen LogP contribution in [0.2, 0.25) is 5.02 Å². The first-order valence-corrected chi connectivity index (χ1v) is 11.6. The molecule has 0 radical (unpaired) electrons. The lowest BCUT2D eigenvalue weighted by Crippen LogP contribution is -2.22. The van der Waals surface area contributed by atoms with Crippen molar-refractivity contribution in [3.05, 3.63) is 87.6 Å². The molecule has 3 aromatic rings. The molecule has 32 heavy (non-hydrogen) atoms. The van der Waals surface area contributed by atoms with Gasteiger partial charge in [0, 0.05) is 9.50 Å². The van der Waals surface area contributed by atoms with Gasteiger partial charge in [-0.05, 0) is 54.6 Å². The zero-order valence-corrected chi connectivity index (χ0v) is 19.3. The van der Waals surface area contributed by atoms with E-state index in [0.717, 1.165) is 0 Å². The molecule has 0 bridgehead atoms. The summed E-state index contributed by atoms with van der Waals surface area (Å²) in [5.74, 6) is -2.37. The van der Waals surface area contributed by atoms with Crippen LogP contribution < -0.4 is 10.0 Å². The second kappa shape index (κ2) is 10.1.